The maximum Gasteiger partial charge on any atom is 0.0876 e. The van der Waals surface area contributed by atoms with Crippen LogP contribution < -0.4 is 0 Å². The van der Waals surface area contributed by atoms with E-state index in [0.29, 0.717) is 12.0 Å². The fourth-order valence-electron chi connectivity index (χ4n) is 2.17. The Morgan fingerprint density at radius 3 is 3.15 bits per heavy atom. The Hall–Kier alpha value is 0.01000. The Labute approximate surface area is 83.4 Å². The van der Waals surface area contributed by atoms with Crippen molar-refractivity contribution in [1.29, 1.82) is 0 Å². The molecule has 2 saturated heterocycles. The van der Waals surface area contributed by atoms with Crippen LogP contribution in [0.25, 0.3) is 0 Å². The van der Waals surface area contributed by atoms with Gasteiger partial charge in [-0.25, -0.2) is 0 Å². The van der Waals surface area contributed by atoms with Crippen LogP contribution in [0.4, 0.5) is 0 Å². The number of rotatable bonds is 2. The van der Waals surface area contributed by atoms with Gasteiger partial charge in [-0.2, -0.15) is 11.8 Å². The van der Waals surface area contributed by atoms with Crippen molar-refractivity contribution in [3.63, 3.8) is 0 Å². The molecule has 1 N–H and O–H groups in total. The molecule has 2 fully saturated rings. The molecule has 2 rings (SSSR count). The Kier molecular flexibility index (Phi) is 2.96. The highest BCUT2D eigenvalue weighted by Crippen LogP contribution is 2.37. The molecule has 0 spiro atoms. The van der Waals surface area contributed by atoms with Crippen molar-refractivity contribution in [3.05, 3.63) is 12.7 Å². The first-order valence-corrected chi connectivity index (χ1v) is 6.00. The quantitative estimate of drug-likeness (QED) is 0.684. The normalized spacial score (nSPS) is 44.4. The molecule has 0 saturated carbocycles. The molecule has 2 heterocycles. The summed E-state index contributed by atoms with van der Waals surface area (Å²) in [5.74, 6) is 2.59. The average Bonchev–Trinajstić information content (AvgIpc) is 2.46. The minimum atomic E-state index is -0.268. The summed E-state index contributed by atoms with van der Waals surface area (Å²) in [4.78, 5) is 0. The van der Waals surface area contributed by atoms with Crippen LogP contribution in [0.5, 0.6) is 0 Å². The van der Waals surface area contributed by atoms with Crippen LogP contribution in [-0.4, -0.2) is 34.9 Å². The summed E-state index contributed by atoms with van der Waals surface area (Å²) >= 11 is 1.93. The standard InChI is InChI=1S/C10H16O2S/c1-2-3-9-10(11)7-6-13-5-4-8(7)12-9/h2,7-11H,1,3-6H2/t7?,8-,9?,10+/m0/s1. The lowest BCUT2D eigenvalue weighted by Crippen LogP contribution is -2.31. The highest BCUT2D eigenvalue weighted by Gasteiger charge is 2.43. The maximum atomic E-state index is 9.93. The number of aliphatic hydroxyl groups excluding tert-OH is 1. The van der Waals surface area contributed by atoms with E-state index >= 15 is 0 Å². The topological polar surface area (TPSA) is 29.5 Å². The van der Waals surface area contributed by atoms with Crippen molar-refractivity contribution in [2.75, 3.05) is 11.5 Å². The molecule has 0 aromatic heterocycles. The van der Waals surface area contributed by atoms with Crippen LogP contribution in [0, 0.1) is 5.92 Å². The van der Waals surface area contributed by atoms with E-state index in [1.165, 1.54) is 5.75 Å². The second-order valence-corrected chi connectivity index (χ2v) is 4.91. The van der Waals surface area contributed by atoms with Crippen LogP contribution in [0.15, 0.2) is 12.7 Å². The Morgan fingerprint density at radius 2 is 2.46 bits per heavy atom. The van der Waals surface area contributed by atoms with E-state index < -0.39 is 0 Å². The van der Waals surface area contributed by atoms with E-state index in [4.69, 9.17) is 4.74 Å². The monoisotopic (exact) mass is 200 g/mol. The van der Waals surface area contributed by atoms with Crippen molar-refractivity contribution in [3.8, 4) is 0 Å². The van der Waals surface area contributed by atoms with Gasteiger partial charge < -0.3 is 9.84 Å². The number of hydrogen-bond donors (Lipinski definition) is 1. The zero-order chi connectivity index (χ0) is 9.26. The molecule has 4 atom stereocenters. The number of fused-ring (bicyclic) bond motifs is 1. The maximum absolute atomic E-state index is 9.93. The molecule has 0 bridgehead atoms. The zero-order valence-corrected chi connectivity index (χ0v) is 8.50. The lowest BCUT2D eigenvalue weighted by molar-refractivity contribution is 0.0116. The molecule has 0 aliphatic carbocycles. The second kappa shape index (κ2) is 4.03. The van der Waals surface area contributed by atoms with Crippen molar-refractivity contribution in [1.82, 2.24) is 0 Å². The van der Waals surface area contributed by atoms with Crippen molar-refractivity contribution in [2.45, 2.75) is 31.2 Å². The molecule has 74 valence electrons. The zero-order valence-electron chi connectivity index (χ0n) is 7.69. The predicted octanol–water partition coefficient (Wildman–Crippen LogP) is 1.44. The SMILES string of the molecule is C=CCC1O[C@H]2CCSCC2[C@H]1O. The minimum Gasteiger partial charge on any atom is -0.390 e. The minimum absolute atomic E-state index is 0.00574. The average molecular weight is 200 g/mol. The Balaban J connectivity index is 2.00. The fraction of sp³-hybridized carbons (Fsp3) is 0.800. The van der Waals surface area contributed by atoms with E-state index in [9.17, 15) is 5.11 Å². The van der Waals surface area contributed by atoms with Gasteiger partial charge in [-0.05, 0) is 18.6 Å². The summed E-state index contributed by atoms with van der Waals surface area (Å²) in [5, 5.41) is 9.93. The van der Waals surface area contributed by atoms with Crippen molar-refractivity contribution < 1.29 is 9.84 Å². The van der Waals surface area contributed by atoms with Gasteiger partial charge in [0, 0.05) is 11.7 Å². The Morgan fingerprint density at radius 1 is 1.62 bits per heavy atom. The van der Waals surface area contributed by atoms with E-state index in [2.05, 4.69) is 6.58 Å². The number of thioether (sulfide) groups is 1. The molecule has 3 heteroatoms. The first-order chi connectivity index (χ1) is 6.33. The van der Waals surface area contributed by atoms with Crippen LogP contribution >= 0.6 is 11.8 Å². The van der Waals surface area contributed by atoms with Gasteiger partial charge in [0.25, 0.3) is 0 Å². The van der Waals surface area contributed by atoms with Gasteiger partial charge in [-0.1, -0.05) is 6.08 Å². The molecular formula is C10H16O2S. The lowest BCUT2D eigenvalue weighted by atomic mass is 9.95. The summed E-state index contributed by atoms with van der Waals surface area (Å²) in [5.41, 5.74) is 0. The van der Waals surface area contributed by atoms with E-state index in [-0.39, 0.29) is 12.2 Å². The summed E-state index contributed by atoms with van der Waals surface area (Å²) in [6, 6.07) is 0. The van der Waals surface area contributed by atoms with Crippen molar-refractivity contribution >= 4 is 11.8 Å². The lowest BCUT2D eigenvalue weighted by Gasteiger charge is -2.24. The fourth-order valence-corrected chi connectivity index (χ4v) is 3.42. The van der Waals surface area contributed by atoms with E-state index in [1.807, 2.05) is 17.8 Å². The summed E-state index contributed by atoms with van der Waals surface area (Å²) in [6.07, 6.45) is 3.75. The highest BCUT2D eigenvalue weighted by molar-refractivity contribution is 7.99. The van der Waals surface area contributed by atoms with Gasteiger partial charge in [0.05, 0.1) is 18.3 Å². The third-order valence-corrected chi connectivity index (χ3v) is 4.05. The Bertz CT molecular complexity index is 195. The smallest absolute Gasteiger partial charge is 0.0876 e. The van der Waals surface area contributed by atoms with Crippen molar-refractivity contribution in [2.24, 2.45) is 5.92 Å². The number of aliphatic hydroxyl groups is 1. The molecule has 0 aromatic carbocycles. The second-order valence-electron chi connectivity index (χ2n) is 3.76. The molecule has 2 nitrogen and oxygen atoms in total. The molecule has 13 heavy (non-hydrogen) atoms. The molecule has 0 aromatic rings. The van der Waals surface area contributed by atoms with Gasteiger partial charge in [0.2, 0.25) is 0 Å². The molecule has 0 amide bonds. The van der Waals surface area contributed by atoms with Crippen LogP contribution in [0.3, 0.4) is 0 Å². The van der Waals surface area contributed by atoms with Gasteiger partial charge >= 0.3 is 0 Å². The summed E-state index contributed by atoms with van der Waals surface area (Å²) in [6.45, 7) is 3.68. The van der Waals surface area contributed by atoms with Crippen LogP contribution in [0.2, 0.25) is 0 Å². The largest absolute Gasteiger partial charge is 0.390 e. The third-order valence-electron chi connectivity index (χ3n) is 2.90. The van der Waals surface area contributed by atoms with Gasteiger partial charge in [0.15, 0.2) is 0 Å². The van der Waals surface area contributed by atoms with Crippen LogP contribution in [0.1, 0.15) is 12.8 Å². The molecule has 2 unspecified atom stereocenters. The highest BCUT2D eigenvalue weighted by atomic mass is 32.2. The number of hydrogen-bond acceptors (Lipinski definition) is 3. The predicted molar refractivity (Wildman–Crippen MR) is 54.9 cm³/mol. The molecule has 2 aliphatic rings. The van der Waals surface area contributed by atoms with E-state index in [0.717, 1.165) is 18.6 Å². The number of ether oxygens (including phenoxy) is 1. The van der Waals surface area contributed by atoms with Gasteiger partial charge in [-0.3, -0.25) is 0 Å². The van der Waals surface area contributed by atoms with Crippen LogP contribution in [-0.2, 0) is 4.74 Å². The summed E-state index contributed by atoms with van der Waals surface area (Å²) in [7, 11) is 0. The van der Waals surface area contributed by atoms with E-state index in [1.54, 1.807) is 0 Å². The third kappa shape index (κ3) is 1.78. The first kappa shape index (κ1) is 9.56. The molecular weight excluding hydrogens is 184 g/mol. The molecule has 0 radical (unpaired) electrons. The molecule has 2 aliphatic heterocycles. The first-order valence-electron chi connectivity index (χ1n) is 4.85. The van der Waals surface area contributed by atoms with Gasteiger partial charge in [-0.15, -0.1) is 6.58 Å². The summed E-state index contributed by atoms with van der Waals surface area (Å²) < 4.78 is 5.78. The van der Waals surface area contributed by atoms with Gasteiger partial charge in [0.1, 0.15) is 0 Å².